The summed E-state index contributed by atoms with van der Waals surface area (Å²) in [7, 11) is 0. The number of hydrogen-bond donors (Lipinski definition) is 2. The normalized spacial score (nSPS) is 12.3. The van der Waals surface area contributed by atoms with Gasteiger partial charge >= 0.3 is 0 Å². The second-order valence-electron chi connectivity index (χ2n) is 4.43. The molecule has 2 aromatic heterocycles. The van der Waals surface area contributed by atoms with Crippen LogP contribution in [0.5, 0.6) is 0 Å². The molecule has 4 heteroatoms. The first kappa shape index (κ1) is 12.9. The molecule has 0 bridgehead atoms. The largest absolute Gasteiger partial charge is 0.398 e. The lowest BCUT2D eigenvalue weighted by atomic mass is 10.1. The number of nitrogens with two attached hydrogens (primary N) is 1. The van der Waals surface area contributed by atoms with Gasteiger partial charge < -0.3 is 11.1 Å². The molecular weight excluding hydrogens is 242 g/mol. The van der Waals surface area contributed by atoms with Crippen LogP contribution >= 0.6 is 11.3 Å². The lowest BCUT2D eigenvalue weighted by Crippen LogP contribution is -2.10. The fraction of sp³-hybridized carbons (Fsp3) is 0.357. The highest BCUT2D eigenvalue weighted by Gasteiger charge is 2.12. The van der Waals surface area contributed by atoms with Crippen LogP contribution in [0.15, 0.2) is 29.8 Å². The van der Waals surface area contributed by atoms with Crippen LogP contribution in [-0.2, 0) is 0 Å². The fourth-order valence-corrected chi connectivity index (χ4v) is 2.67. The molecule has 18 heavy (non-hydrogen) atoms. The summed E-state index contributed by atoms with van der Waals surface area (Å²) in [6, 6.07) is 6.48. The van der Waals surface area contributed by atoms with Crippen LogP contribution in [0.25, 0.3) is 0 Å². The molecule has 1 unspecified atom stereocenters. The Bertz CT molecular complexity index is 494. The van der Waals surface area contributed by atoms with Crippen LogP contribution in [0.3, 0.4) is 0 Å². The maximum absolute atomic E-state index is 5.91. The molecule has 0 amide bonds. The van der Waals surface area contributed by atoms with Crippen LogP contribution in [0.2, 0.25) is 0 Å². The Kier molecular flexibility index (Phi) is 4.20. The van der Waals surface area contributed by atoms with E-state index in [1.165, 1.54) is 4.88 Å². The molecule has 0 saturated carbocycles. The summed E-state index contributed by atoms with van der Waals surface area (Å²) in [6.07, 6.45) is 4.04. The first-order valence-electron chi connectivity index (χ1n) is 6.22. The number of nitrogens with zero attached hydrogens (tertiary/aromatic N) is 1. The minimum atomic E-state index is 0.324. The van der Waals surface area contributed by atoms with Crippen molar-refractivity contribution < 1.29 is 0 Å². The number of nitrogens with one attached hydrogen (secondary N) is 1. The predicted octanol–water partition coefficient (Wildman–Crippen LogP) is 3.99. The zero-order valence-corrected chi connectivity index (χ0v) is 11.6. The number of rotatable bonds is 5. The van der Waals surface area contributed by atoms with E-state index in [-0.39, 0.29) is 0 Å². The highest BCUT2D eigenvalue weighted by atomic mass is 32.1. The van der Waals surface area contributed by atoms with E-state index in [1.54, 1.807) is 11.3 Å². The van der Waals surface area contributed by atoms with Gasteiger partial charge in [0, 0.05) is 22.8 Å². The molecule has 0 aliphatic heterocycles. The number of aromatic nitrogens is 1. The summed E-state index contributed by atoms with van der Waals surface area (Å²) in [5.41, 5.74) is 7.71. The summed E-state index contributed by atoms with van der Waals surface area (Å²) in [6.45, 7) is 4.16. The molecule has 0 aliphatic rings. The van der Waals surface area contributed by atoms with E-state index in [1.807, 2.05) is 19.2 Å². The highest BCUT2D eigenvalue weighted by molar-refractivity contribution is 7.10. The SMILES string of the molecule is CCCC(Nc1cc(N)c(C)cn1)c1cccs1. The number of aryl methyl sites for hydroxylation is 1. The molecule has 2 heterocycles. The summed E-state index contributed by atoms with van der Waals surface area (Å²) in [5.74, 6) is 0.852. The topological polar surface area (TPSA) is 50.9 Å². The molecule has 0 spiro atoms. The average molecular weight is 261 g/mol. The van der Waals surface area contributed by atoms with E-state index in [4.69, 9.17) is 5.73 Å². The maximum atomic E-state index is 5.91. The van der Waals surface area contributed by atoms with Gasteiger partial charge in [-0.25, -0.2) is 4.98 Å². The number of pyridine rings is 1. The van der Waals surface area contributed by atoms with Gasteiger partial charge in [-0.2, -0.15) is 0 Å². The third-order valence-corrected chi connectivity index (χ3v) is 3.92. The van der Waals surface area contributed by atoms with Gasteiger partial charge in [0.1, 0.15) is 5.82 Å². The van der Waals surface area contributed by atoms with E-state index in [0.29, 0.717) is 6.04 Å². The van der Waals surface area contributed by atoms with Crippen molar-refractivity contribution in [2.75, 3.05) is 11.1 Å². The zero-order valence-electron chi connectivity index (χ0n) is 10.8. The molecular formula is C14H19N3S. The van der Waals surface area contributed by atoms with Gasteiger partial charge in [-0.05, 0) is 30.4 Å². The number of anilines is 2. The Morgan fingerprint density at radius 3 is 2.94 bits per heavy atom. The second kappa shape index (κ2) is 5.87. The summed E-state index contributed by atoms with van der Waals surface area (Å²) < 4.78 is 0. The Labute approximate surface area is 112 Å². The van der Waals surface area contributed by atoms with Gasteiger partial charge in [0.05, 0.1) is 6.04 Å². The Morgan fingerprint density at radius 2 is 2.33 bits per heavy atom. The maximum Gasteiger partial charge on any atom is 0.128 e. The van der Waals surface area contributed by atoms with Crippen molar-refractivity contribution in [2.24, 2.45) is 0 Å². The first-order chi connectivity index (χ1) is 8.70. The molecule has 0 saturated heterocycles. The molecule has 3 N–H and O–H groups in total. The van der Waals surface area contributed by atoms with E-state index in [2.05, 4.69) is 34.7 Å². The van der Waals surface area contributed by atoms with Crippen molar-refractivity contribution in [1.82, 2.24) is 4.98 Å². The summed E-state index contributed by atoms with van der Waals surface area (Å²) in [5, 5.41) is 5.58. The fourth-order valence-electron chi connectivity index (χ4n) is 1.86. The van der Waals surface area contributed by atoms with Crippen molar-refractivity contribution in [1.29, 1.82) is 0 Å². The van der Waals surface area contributed by atoms with Crippen LogP contribution in [-0.4, -0.2) is 4.98 Å². The lowest BCUT2D eigenvalue weighted by Gasteiger charge is -2.17. The molecule has 2 rings (SSSR count). The van der Waals surface area contributed by atoms with Gasteiger partial charge in [0.25, 0.3) is 0 Å². The smallest absolute Gasteiger partial charge is 0.128 e. The lowest BCUT2D eigenvalue weighted by molar-refractivity contribution is 0.684. The molecule has 0 fully saturated rings. The predicted molar refractivity (Wildman–Crippen MR) is 79.0 cm³/mol. The second-order valence-corrected chi connectivity index (χ2v) is 5.41. The Balaban J connectivity index is 2.16. The molecule has 0 aliphatic carbocycles. The molecule has 0 radical (unpaired) electrons. The minimum absolute atomic E-state index is 0.324. The molecule has 0 aromatic carbocycles. The molecule has 1 atom stereocenters. The molecule has 96 valence electrons. The van der Waals surface area contributed by atoms with Crippen LogP contribution in [0.4, 0.5) is 11.5 Å². The van der Waals surface area contributed by atoms with Crippen molar-refractivity contribution in [3.8, 4) is 0 Å². The van der Waals surface area contributed by atoms with E-state index in [9.17, 15) is 0 Å². The van der Waals surface area contributed by atoms with E-state index in [0.717, 1.165) is 29.9 Å². The minimum Gasteiger partial charge on any atom is -0.398 e. The van der Waals surface area contributed by atoms with Gasteiger partial charge in [-0.1, -0.05) is 19.4 Å². The molecule has 3 nitrogen and oxygen atoms in total. The van der Waals surface area contributed by atoms with E-state index < -0.39 is 0 Å². The third-order valence-electron chi connectivity index (χ3n) is 2.93. The zero-order chi connectivity index (χ0) is 13.0. The number of thiophene rings is 1. The quantitative estimate of drug-likeness (QED) is 0.855. The van der Waals surface area contributed by atoms with Gasteiger partial charge in [-0.3, -0.25) is 0 Å². The van der Waals surface area contributed by atoms with Gasteiger partial charge in [0.2, 0.25) is 0 Å². The van der Waals surface area contributed by atoms with Crippen molar-refractivity contribution in [2.45, 2.75) is 32.7 Å². The standard InChI is InChI=1S/C14H19N3S/c1-3-5-12(13-6-4-7-18-13)17-14-8-11(15)10(2)9-16-14/h4,6-9,12H,3,5H2,1-2H3,(H3,15,16,17). The average Bonchev–Trinajstić information content (AvgIpc) is 2.87. The highest BCUT2D eigenvalue weighted by Crippen LogP contribution is 2.27. The first-order valence-corrected chi connectivity index (χ1v) is 7.10. The van der Waals surface area contributed by atoms with Crippen molar-refractivity contribution in [3.63, 3.8) is 0 Å². The number of nitrogen functional groups attached to an aromatic ring is 1. The number of hydrogen-bond acceptors (Lipinski definition) is 4. The molecule has 2 aromatic rings. The van der Waals surface area contributed by atoms with Crippen molar-refractivity contribution in [3.05, 3.63) is 40.2 Å². The van der Waals surface area contributed by atoms with Crippen LogP contribution < -0.4 is 11.1 Å². The Hall–Kier alpha value is -1.55. The summed E-state index contributed by atoms with van der Waals surface area (Å²) >= 11 is 1.78. The van der Waals surface area contributed by atoms with Crippen LogP contribution in [0, 0.1) is 6.92 Å². The van der Waals surface area contributed by atoms with Gasteiger partial charge in [0.15, 0.2) is 0 Å². The van der Waals surface area contributed by atoms with Crippen molar-refractivity contribution >= 4 is 22.8 Å². The Morgan fingerprint density at radius 1 is 1.50 bits per heavy atom. The van der Waals surface area contributed by atoms with Gasteiger partial charge in [-0.15, -0.1) is 11.3 Å². The monoisotopic (exact) mass is 261 g/mol. The van der Waals surface area contributed by atoms with Crippen LogP contribution in [0.1, 0.15) is 36.2 Å². The van der Waals surface area contributed by atoms with E-state index >= 15 is 0 Å². The summed E-state index contributed by atoms with van der Waals surface area (Å²) in [4.78, 5) is 5.73. The third kappa shape index (κ3) is 3.01.